The van der Waals surface area contributed by atoms with Crippen molar-refractivity contribution in [1.29, 1.82) is 0 Å². The lowest BCUT2D eigenvalue weighted by Gasteiger charge is -2.32. The Morgan fingerprint density at radius 1 is 1.29 bits per heavy atom. The monoisotopic (exact) mass is 335 g/mol. The summed E-state index contributed by atoms with van der Waals surface area (Å²) >= 11 is 0. The molecule has 2 aliphatic rings. The highest BCUT2D eigenvalue weighted by molar-refractivity contribution is 5.73. The zero-order chi connectivity index (χ0) is 16.9. The van der Waals surface area contributed by atoms with Gasteiger partial charge in [-0.2, -0.15) is 4.98 Å². The molecular weight excluding hydrogens is 310 g/mol. The molecule has 3 heterocycles. The summed E-state index contributed by atoms with van der Waals surface area (Å²) in [5, 5.41) is 3.32. The Labute approximate surface area is 142 Å². The van der Waals surface area contributed by atoms with Crippen molar-refractivity contribution in [2.24, 2.45) is 0 Å². The Bertz CT molecular complexity index is 577. The van der Waals surface area contributed by atoms with Crippen LogP contribution >= 0.6 is 0 Å². The molecule has 1 aromatic rings. The van der Waals surface area contributed by atoms with Crippen molar-refractivity contribution in [3.8, 4) is 0 Å². The first-order valence-corrected chi connectivity index (χ1v) is 8.41. The topological polar surface area (TPSA) is 79.8 Å². The van der Waals surface area contributed by atoms with E-state index in [0.717, 1.165) is 30.5 Å². The van der Waals surface area contributed by atoms with Crippen LogP contribution in [-0.4, -0.2) is 79.4 Å². The lowest BCUT2D eigenvalue weighted by atomic mass is 10.2. The molecule has 0 aliphatic carbocycles. The molecule has 8 nitrogen and oxygen atoms in total. The van der Waals surface area contributed by atoms with Crippen molar-refractivity contribution in [3.05, 3.63) is 11.8 Å². The first kappa shape index (κ1) is 16.9. The summed E-state index contributed by atoms with van der Waals surface area (Å²) in [6, 6.07) is 1.93. The first-order valence-electron chi connectivity index (χ1n) is 8.41. The average molecular weight is 335 g/mol. The third-order valence-electron chi connectivity index (χ3n) is 4.23. The third kappa shape index (κ3) is 4.33. The van der Waals surface area contributed by atoms with E-state index < -0.39 is 0 Å². The summed E-state index contributed by atoms with van der Waals surface area (Å²) in [5.74, 6) is 1.61. The maximum absolute atomic E-state index is 11.5. The van der Waals surface area contributed by atoms with Crippen LogP contribution in [0.25, 0.3) is 0 Å². The summed E-state index contributed by atoms with van der Waals surface area (Å²) in [6.07, 6.45) is -0.0234. The zero-order valence-corrected chi connectivity index (χ0v) is 14.3. The first-order chi connectivity index (χ1) is 11.6. The summed E-state index contributed by atoms with van der Waals surface area (Å²) < 4.78 is 11.1. The Morgan fingerprint density at radius 2 is 2.08 bits per heavy atom. The van der Waals surface area contributed by atoms with Gasteiger partial charge in [0.05, 0.1) is 25.9 Å². The van der Waals surface area contributed by atoms with E-state index in [4.69, 9.17) is 9.47 Å². The minimum absolute atomic E-state index is 0.0234. The number of amides is 1. The summed E-state index contributed by atoms with van der Waals surface area (Å²) in [6.45, 7) is 9.06. The standard InChI is InChI=1S/C16H25N5O3/c1-12-9-15(19-16(18-12)20-3-6-23-7-4-20)17-10-14-11-21(13(2)22)5-8-24-14/h9,14H,3-8,10-11H2,1-2H3,(H,17,18,19). The van der Waals surface area contributed by atoms with Gasteiger partial charge in [-0.1, -0.05) is 0 Å². The van der Waals surface area contributed by atoms with Gasteiger partial charge in [0.1, 0.15) is 5.82 Å². The number of nitrogens with zero attached hydrogens (tertiary/aromatic N) is 4. The van der Waals surface area contributed by atoms with Crippen LogP contribution in [0.5, 0.6) is 0 Å². The number of nitrogens with one attached hydrogen (secondary N) is 1. The van der Waals surface area contributed by atoms with Gasteiger partial charge in [0, 0.05) is 51.4 Å². The number of hydrogen-bond acceptors (Lipinski definition) is 7. The predicted octanol–water partition coefficient (Wildman–Crippen LogP) is 0.281. The Morgan fingerprint density at radius 3 is 2.83 bits per heavy atom. The van der Waals surface area contributed by atoms with Crippen LogP contribution in [0.1, 0.15) is 12.6 Å². The van der Waals surface area contributed by atoms with Crippen LogP contribution in [0, 0.1) is 6.92 Å². The SMILES string of the molecule is CC(=O)N1CCOC(CNc2cc(C)nc(N3CCOCC3)n2)C1. The van der Waals surface area contributed by atoms with Gasteiger partial charge in [-0.25, -0.2) is 4.98 Å². The number of aromatic nitrogens is 2. The Balaban J connectivity index is 1.60. The maximum Gasteiger partial charge on any atom is 0.227 e. The van der Waals surface area contributed by atoms with Crippen LogP contribution < -0.4 is 10.2 Å². The molecule has 2 saturated heterocycles. The molecule has 0 spiro atoms. The second-order valence-electron chi connectivity index (χ2n) is 6.13. The van der Waals surface area contributed by atoms with Gasteiger partial charge in [-0.15, -0.1) is 0 Å². The molecule has 1 atom stereocenters. The summed E-state index contributed by atoms with van der Waals surface area (Å²) in [7, 11) is 0. The van der Waals surface area contributed by atoms with E-state index in [2.05, 4.69) is 20.2 Å². The fourth-order valence-corrected chi connectivity index (χ4v) is 2.90. The molecule has 2 fully saturated rings. The molecule has 1 unspecified atom stereocenters. The number of morpholine rings is 2. The van der Waals surface area contributed by atoms with Gasteiger partial charge in [0.25, 0.3) is 0 Å². The molecule has 0 radical (unpaired) electrons. The largest absolute Gasteiger partial charge is 0.378 e. The number of carbonyl (C=O) groups is 1. The second kappa shape index (κ2) is 7.76. The fraction of sp³-hybridized carbons (Fsp3) is 0.688. The minimum Gasteiger partial charge on any atom is -0.378 e. The van der Waals surface area contributed by atoms with Gasteiger partial charge in [0.2, 0.25) is 11.9 Å². The lowest BCUT2D eigenvalue weighted by molar-refractivity contribution is -0.135. The average Bonchev–Trinajstić information content (AvgIpc) is 2.60. The lowest BCUT2D eigenvalue weighted by Crippen LogP contribution is -2.47. The van der Waals surface area contributed by atoms with Crippen LogP contribution in [-0.2, 0) is 14.3 Å². The number of ether oxygens (including phenoxy) is 2. The zero-order valence-electron chi connectivity index (χ0n) is 14.3. The van der Waals surface area contributed by atoms with Crippen molar-refractivity contribution < 1.29 is 14.3 Å². The quantitative estimate of drug-likeness (QED) is 0.846. The minimum atomic E-state index is -0.0234. The van der Waals surface area contributed by atoms with Crippen LogP contribution in [0.3, 0.4) is 0 Å². The van der Waals surface area contributed by atoms with Gasteiger partial charge in [0.15, 0.2) is 0 Å². The molecule has 2 aliphatic heterocycles. The third-order valence-corrected chi connectivity index (χ3v) is 4.23. The van der Waals surface area contributed by atoms with Crippen LogP contribution in [0.4, 0.5) is 11.8 Å². The molecule has 0 aromatic carbocycles. The number of hydrogen-bond donors (Lipinski definition) is 1. The van der Waals surface area contributed by atoms with Crippen LogP contribution in [0.2, 0.25) is 0 Å². The molecule has 3 rings (SSSR count). The van der Waals surface area contributed by atoms with Crippen molar-refractivity contribution in [1.82, 2.24) is 14.9 Å². The van der Waals surface area contributed by atoms with Crippen molar-refractivity contribution >= 4 is 17.7 Å². The molecule has 8 heteroatoms. The van der Waals surface area contributed by atoms with Gasteiger partial charge in [-0.3, -0.25) is 4.79 Å². The summed E-state index contributed by atoms with van der Waals surface area (Å²) in [5.41, 5.74) is 0.920. The van der Waals surface area contributed by atoms with E-state index >= 15 is 0 Å². The molecule has 1 N–H and O–H groups in total. The number of carbonyl (C=O) groups excluding carboxylic acids is 1. The normalized spacial score (nSPS) is 21.7. The highest BCUT2D eigenvalue weighted by atomic mass is 16.5. The predicted molar refractivity (Wildman–Crippen MR) is 90.3 cm³/mol. The van der Waals surface area contributed by atoms with Gasteiger partial charge < -0.3 is 24.6 Å². The highest BCUT2D eigenvalue weighted by Gasteiger charge is 2.22. The van der Waals surface area contributed by atoms with Gasteiger partial charge in [-0.05, 0) is 6.92 Å². The molecule has 1 amide bonds. The van der Waals surface area contributed by atoms with Crippen molar-refractivity contribution in [3.63, 3.8) is 0 Å². The van der Waals surface area contributed by atoms with E-state index in [1.807, 2.05) is 17.9 Å². The second-order valence-corrected chi connectivity index (χ2v) is 6.13. The van der Waals surface area contributed by atoms with E-state index in [-0.39, 0.29) is 12.0 Å². The number of rotatable bonds is 4. The number of aryl methyl sites for hydroxylation is 1. The molecular formula is C16H25N5O3. The molecule has 132 valence electrons. The van der Waals surface area contributed by atoms with E-state index in [0.29, 0.717) is 39.5 Å². The molecule has 0 bridgehead atoms. The highest BCUT2D eigenvalue weighted by Crippen LogP contribution is 2.15. The summed E-state index contributed by atoms with van der Waals surface area (Å²) in [4.78, 5) is 24.6. The maximum atomic E-state index is 11.5. The fourth-order valence-electron chi connectivity index (χ4n) is 2.90. The van der Waals surface area contributed by atoms with Crippen LogP contribution in [0.15, 0.2) is 6.07 Å². The Kier molecular flexibility index (Phi) is 5.47. The smallest absolute Gasteiger partial charge is 0.227 e. The van der Waals surface area contributed by atoms with Gasteiger partial charge >= 0.3 is 0 Å². The molecule has 1 aromatic heterocycles. The van der Waals surface area contributed by atoms with E-state index in [1.165, 1.54) is 0 Å². The molecule has 24 heavy (non-hydrogen) atoms. The van der Waals surface area contributed by atoms with E-state index in [9.17, 15) is 4.79 Å². The number of anilines is 2. The van der Waals surface area contributed by atoms with Crippen molar-refractivity contribution in [2.45, 2.75) is 20.0 Å². The van der Waals surface area contributed by atoms with Crippen molar-refractivity contribution in [2.75, 3.05) is 62.8 Å². The Hall–Kier alpha value is -1.93. The van der Waals surface area contributed by atoms with E-state index in [1.54, 1.807) is 6.92 Å². The molecule has 0 saturated carbocycles.